The maximum absolute atomic E-state index is 5.56. The molecule has 2 unspecified atom stereocenters. The van der Waals surface area contributed by atoms with E-state index in [9.17, 15) is 0 Å². The highest BCUT2D eigenvalue weighted by Gasteiger charge is 2.23. The zero-order valence-corrected chi connectivity index (χ0v) is 13.0. The summed E-state index contributed by atoms with van der Waals surface area (Å²) in [4.78, 5) is 2.60. The van der Waals surface area contributed by atoms with Crippen LogP contribution in [0, 0.1) is 0 Å². The molecule has 0 aliphatic carbocycles. The zero-order valence-electron chi connectivity index (χ0n) is 13.0. The number of piperidine rings is 1. The molecule has 1 N–H and O–H groups in total. The second-order valence-corrected chi connectivity index (χ2v) is 6.47. The van der Waals surface area contributed by atoms with Crippen LogP contribution in [0.2, 0.25) is 0 Å². The van der Waals surface area contributed by atoms with Crippen LogP contribution in [0.3, 0.4) is 0 Å². The maximum atomic E-state index is 5.56. The summed E-state index contributed by atoms with van der Waals surface area (Å²) in [6, 6.07) is 12.2. The average Bonchev–Trinajstić information content (AvgIpc) is 2.77. The van der Waals surface area contributed by atoms with Gasteiger partial charge in [-0.25, -0.2) is 0 Å². The number of rotatable bonds is 4. The molecule has 0 bridgehead atoms. The number of nitrogens with zero attached hydrogens (tertiary/aromatic N) is 1. The van der Waals surface area contributed by atoms with Crippen LogP contribution in [-0.2, 0) is 11.3 Å². The molecule has 0 saturated carbocycles. The molecule has 3 rings (SSSR count). The van der Waals surface area contributed by atoms with E-state index >= 15 is 0 Å². The Balaban J connectivity index is 1.48. The van der Waals surface area contributed by atoms with Crippen LogP contribution < -0.4 is 5.32 Å². The van der Waals surface area contributed by atoms with Gasteiger partial charge in [-0.2, -0.15) is 0 Å². The van der Waals surface area contributed by atoms with Crippen LogP contribution in [0.25, 0.3) is 0 Å². The highest BCUT2D eigenvalue weighted by molar-refractivity contribution is 5.14. The van der Waals surface area contributed by atoms with E-state index in [1.165, 1.54) is 50.8 Å². The third-order valence-corrected chi connectivity index (χ3v) is 4.68. The molecule has 2 fully saturated rings. The van der Waals surface area contributed by atoms with Gasteiger partial charge in [0.05, 0.1) is 0 Å². The molecule has 2 saturated heterocycles. The van der Waals surface area contributed by atoms with Crippen LogP contribution in [0.5, 0.6) is 0 Å². The maximum Gasteiger partial charge on any atom is 0.0480 e. The quantitative estimate of drug-likeness (QED) is 0.922. The predicted octanol–water partition coefficient (Wildman–Crippen LogP) is 2.81. The summed E-state index contributed by atoms with van der Waals surface area (Å²) in [6.45, 7) is 5.39. The molecule has 1 aromatic rings. The minimum Gasteiger partial charge on any atom is -0.381 e. The van der Waals surface area contributed by atoms with Gasteiger partial charge in [0, 0.05) is 38.4 Å². The first-order valence-electron chi connectivity index (χ1n) is 8.50. The lowest BCUT2D eigenvalue weighted by molar-refractivity contribution is 0.139. The summed E-state index contributed by atoms with van der Waals surface area (Å²) < 4.78 is 5.56. The summed E-state index contributed by atoms with van der Waals surface area (Å²) in [7, 11) is 0. The molecule has 0 aromatic heterocycles. The second-order valence-electron chi connectivity index (χ2n) is 6.47. The standard InChI is InChI=1S/C18H28N2O/c1-2-6-16(7-3-1)14-20-11-4-8-18(15-20)19-17-9-5-12-21-13-10-17/h1-3,6-7,17-19H,4-5,8-15H2. The molecule has 2 aliphatic heterocycles. The van der Waals surface area contributed by atoms with E-state index in [4.69, 9.17) is 4.74 Å². The Hall–Kier alpha value is -0.900. The van der Waals surface area contributed by atoms with Gasteiger partial charge in [0.25, 0.3) is 0 Å². The van der Waals surface area contributed by atoms with Gasteiger partial charge < -0.3 is 10.1 Å². The smallest absolute Gasteiger partial charge is 0.0480 e. The van der Waals surface area contributed by atoms with Crippen molar-refractivity contribution in [3.8, 4) is 0 Å². The number of ether oxygens (including phenoxy) is 1. The van der Waals surface area contributed by atoms with E-state index in [1.54, 1.807) is 0 Å². The minimum absolute atomic E-state index is 0.658. The first-order chi connectivity index (χ1) is 10.4. The zero-order chi connectivity index (χ0) is 14.3. The number of nitrogens with one attached hydrogen (secondary N) is 1. The molecule has 1 aromatic carbocycles. The van der Waals surface area contributed by atoms with Crippen molar-refractivity contribution in [1.82, 2.24) is 10.2 Å². The van der Waals surface area contributed by atoms with Gasteiger partial charge in [-0.15, -0.1) is 0 Å². The van der Waals surface area contributed by atoms with Crippen molar-refractivity contribution in [2.24, 2.45) is 0 Å². The van der Waals surface area contributed by atoms with Crippen LogP contribution in [0.15, 0.2) is 30.3 Å². The lowest BCUT2D eigenvalue weighted by Gasteiger charge is -2.35. The van der Waals surface area contributed by atoms with Gasteiger partial charge in [0.2, 0.25) is 0 Å². The van der Waals surface area contributed by atoms with Crippen molar-refractivity contribution in [3.05, 3.63) is 35.9 Å². The van der Waals surface area contributed by atoms with Gasteiger partial charge in [0.15, 0.2) is 0 Å². The topological polar surface area (TPSA) is 24.5 Å². The SMILES string of the molecule is c1ccc(CN2CCCC(NC3CCCOCC3)C2)cc1. The summed E-state index contributed by atoms with van der Waals surface area (Å²) in [5, 5.41) is 3.89. The fraction of sp³-hybridized carbons (Fsp3) is 0.667. The Morgan fingerprint density at radius 1 is 1.00 bits per heavy atom. The molecule has 0 spiro atoms. The fourth-order valence-corrected chi connectivity index (χ4v) is 3.58. The summed E-state index contributed by atoms with van der Waals surface area (Å²) in [5.41, 5.74) is 1.43. The lowest BCUT2D eigenvalue weighted by Crippen LogP contribution is -2.48. The normalized spacial score (nSPS) is 28.2. The van der Waals surface area contributed by atoms with Gasteiger partial charge in [0.1, 0.15) is 0 Å². The van der Waals surface area contributed by atoms with E-state index in [1.807, 2.05) is 0 Å². The van der Waals surface area contributed by atoms with Crippen molar-refractivity contribution in [3.63, 3.8) is 0 Å². The Kier molecular flexibility index (Phi) is 5.67. The fourth-order valence-electron chi connectivity index (χ4n) is 3.58. The summed E-state index contributed by atoms with van der Waals surface area (Å²) in [5.74, 6) is 0. The van der Waals surface area contributed by atoms with Crippen LogP contribution >= 0.6 is 0 Å². The van der Waals surface area contributed by atoms with Crippen LogP contribution in [-0.4, -0.2) is 43.3 Å². The molecular weight excluding hydrogens is 260 g/mol. The number of likely N-dealkylation sites (tertiary alicyclic amines) is 1. The van der Waals surface area contributed by atoms with Crippen molar-refractivity contribution in [2.75, 3.05) is 26.3 Å². The summed E-state index contributed by atoms with van der Waals surface area (Å²) in [6.07, 6.45) is 6.29. The second kappa shape index (κ2) is 7.92. The largest absolute Gasteiger partial charge is 0.381 e. The van der Waals surface area contributed by atoms with E-state index in [0.29, 0.717) is 12.1 Å². The third kappa shape index (κ3) is 4.80. The Morgan fingerprint density at radius 2 is 1.86 bits per heavy atom. The molecule has 2 atom stereocenters. The molecular formula is C18H28N2O. The van der Waals surface area contributed by atoms with Crippen molar-refractivity contribution < 1.29 is 4.74 Å². The van der Waals surface area contributed by atoms with Crippen LogP contribution in [0.1, 0.15) is 37.7 Å². The average molecular weight is 288 g/mol. The van der Waals surface area contributed by atoms with Crippen molar-refractivity contribution >= 4 is 0 Å². The molecule has 3 heteroatoms. The first kappa shape index (κ1) is 15.0. The highest BCUT2D eigenvalue weighted by Crippen LogP contribution is 2.16. The van der Waals surface area contributed by atoms with E-state index in [2.05, 4.69) is 40.5 Å². The molecule has 2 heterocycles. The summed E-state index contributed by atoms with van der Waals surface area (Å²) >= 11 is 0. The molecule has 3 nitrogen and oxygen atoms in total. The van der Waals surface area contributed by atoms with Crippen molar-refractivity contribution in [2.45, 2.75) is 50.7 Å². The molecule has 0 amide bonds. The lowest BCUT2D eigenvalue weighted by atomic mass is 10.0. The van der Waals surface area contributed by atoms with E-state index in [-0.39, 0.29) is 0 Å². The third-order valence-electron chi connectivity index (χ3n) is 4.68. The number of hydrogen-bond acceptors (Lipinski definition) is 3. The Labute approximate surface area is 128 Å². The Morgan fingerprint density at radius 3 is 2.76 bits per heavy atom. The molecule has 21 heavy (non-hydrogen) atoms. The van der Waals surface area contributed by atoms with Gasteiger partial charge in [-0.3, -0.25) is 4.90 Å². The number of benzene rings is 1. The minimum atomic E-state index is 0.658. The Bertz CT molecular complexity index is 401. The molecule has 0 radical (unpaired) electrons. The van der Waals surface area contributed by atoms with Crippen LogP contribution in [0.4, 0.5) is 0 Å². The molecule has 116 valence electrons. The van der Waals surface area contributed by atoms with Gasteiger partial charge in [-0.05, 0) is 44.2 Å². The number of hydrogen-bond donors (Lipinski definition) is 1. The first-order valence-corrected chi connectivity index (χ1v) is 8.50. The predicted molar refractivity (Wildman–Crippen MR) is 86.3 cm³/mol. The van der Waals surface area contributed by atoms with Crippen molar-refractivity contribution in [1.29, 1.82) is 0 Å². The van der Waals surface area contributed by atoms with Gasteiger partial charge >= 0.3 is 0 Å². The highest BCUT2D eigenvalue weighted by atomic mass is 16.5. The van der Waals surface area contributed by atoms with Gasteiger partial charge in [-0.1, -0.05) is 30.3 Å². The molecule has 2 aliphatic rings. The monoisotopic (exact) mass is 288 g/mol. The van der Waals surface area contributed by atoms with E-state index in [0.717, 1.165) is 19.8 Å². The van der Waals surface area contributed by atoms with E-state index < -0.39 is 0 Å².